The van der Waals surface area contributed by atoms with Crippen molar-refractivity contribution in [1.29, 1.82) is 0 Å². The number of rotatable bonds is 3. The van der Waals surface area contributed by atoms with Gasteiger partial charge in [0.25, 0.3) is 10.0 Å². The molecule has 2 aliphatic rings. The van der Waals surface area contributed by atoms with Crippen molar-refractivity contribution in [2.45, 2.75) is 17.9 Å². The summed E-state index contributed by atoms with van der Waals surface area (Å²) in [6.07, 6.45) is 0.0819. The van der Waals surface area contributed by atoms with Crippen molar-refractivity contribution in [3.63, 3.8) is 0 Å². The molecular formula is C14H22N4O3S. The molecular weight excluding hydrogens is 304 g/mol. The summed E-state index contributed by atoms with van der Waals surface area (Å²) in [7, 11) is -1.53. The van der Waals surface area contributed by atoms with Gasteiger partial charge >= 0.3 is 0 Å². The van der Waals surface area contributed by atoms with E-state index in [1.54, 1.807) is 23.2 Å². The molecule has 7 nitrogen and oxygen atoms in total. The first kappa shape index (κ1) is 15.5. The topological polar surface area (TPSA) is 73.9 Å². The van der Waals surface area contributed by atoms with Crippen LogP contribution in [0.3, 0.4) is 0 Å². The van der Waals surface area contributed by atoms with Crippen molar-refractivity contribution in [3.8, 4) is 5.75 Å². The quantitative estimate of drug-likeness (QED) is 0.833. The Morgan fingerprint density at radius 3 is 2.73 bits per heavy atom. The van der Waals surface area contributed by atoms with E-state index in [4.69, 9.17) is 4.74 Å². The lowest BCUT2D eigenvalue weighted by atomic mass is 10.2. The van der Waals surface area contributed by atoms with Crippen LogP contribution in [0.5, 0.6) is 5.75 Å². The fraction of sp³-hybridized carbons (Fsp3) is 0.571. The van der Waals surface area contributed by atoms with Gasteiger partial charge in [-0.3, -0.25) is 0 Å². The number of benzene rings is 1. The standard InChI is InChI=1S/C14H22N4O3S/c1-11-10-15-13-9-12(3-4-14(13)21-11)22(19,20)16-18-7-5-17(2)6-8-18/h3-4,9,11,15-16H,5-8,10H2,1-2H3. The van der Waals surface area contributed by atoms with Crippen LogP contribution >= 0.6 is 0 Å². The average Bonchev–Trinajstić information content (AvgIpc) is 2.49. The van der Waals surface area contributed by atoms with Gasteiger partial charge in [0.1, 0.15) is 11.9 Å². The summed E-state index contributed by atoms with van der Waals surface area (Å²) in [5.41, 5.74) is 0.722. The summed E-state index contributed by atoms with van der Waals surface area (Å²) in [4.78, 5) is 5.08. The number of hydrazine groups is 1. The highest BCUT2D eigenvalue weighted by molar-refractivity contribution is 7.89. The molecule has 1 aromatic rings. The molecule has 122 valence electrons. The van der Waals surface area contributed by atoms with Gasteiger partial charge < -0.3 is 15.0 Å². The van der Waals surface area contributed by atoms with Crippen molar-refractivity contribution in [3.05, 3.63) is 18.2 Å². The first-order valence-corrected chi connectivity index (χ1v) is 8.93. The largest absolute Gasteiger partial charge is 0.487 e. The molecule has 0 amide bonds. The molecule has 0 spiro atoms. The summed E-state index contributed by atoms with van der Waals surface area (Å²) in [5.74, 6) is 0.692. The van der Waals surface area contributed by atoms with E-state index in [0.717, 1.165) is 18.8 Å². The fourth-order valence-electron chi connectivity index (χ4n) is 2.55. The molecule has 3 rings (SSSR count). The Balaban J connectivity index is 1.75. The Labute approximate surface area is 131 Å². The van der Waals surface area contributed by atoms with E-state index in [1.807, 2.05) is 14.0 Å². The molecule has 1 saturated heterocycles. The number of piperazine rings is 1. The summed E-state index contributed by atoms with van der Waals surface area (Å²) >= 11 is 0. The smallest absolute Gasteiger partial charge is 0.253 e. The Hall–Kier alpha value is -1.35. The predicted octanol–water partition coefficient (Wildman–Crippen LogP) is 0.320. The van der Waals surface area contributed by atoms with E-state index in [-0.39, 0.29) is 11.0 Å². The van der Waals surface area contributed by atoms with Crippen molar-refractivity contribution >= 4 is 15.7 Å². The zero-order valence-corrected chi connectivity index (χ0v) is 13.7. The van der Waals surface area contributed by atoms with Crippen LogP contribution in [0.15, 0.2) is 23.1 Å². The molecule has 2 N–H and O–H groups in total. The van der Waals surface area contributed by atoms with E-state index < -0.39 is 10.0 Å². The lowest BCUT2D eigenvalue weighted by molar-refractivity contribution is 0.135. The maximum absolute atomic E-state index is 12.5. The van der Waals surface area contributed by atoms with Crippen LogP contribution in [-0.4, -0.2) is 64.2 Å². The van der Waals surface area contributed by atoms with Gasteiger partial charge in [-0.15, -0.1) is 4.83 Å². The minimum atomic E-state index is -3.56. The van der Waals surface area contributed by atoms with Crippen LogP contribution in [0, 0.1) is 0 Å². The maximum atomic E-state index is 12.5. The van der Waals surface area contributed by atoms with E-state index in [1.165, 1.54) is 0 Å². The number of sulfonamides is 1. The Bertz CT molecular complexity index is 641. The molecule has 0 aromatic heterocycles. The third kappa shape index (κ3) is 3.35. The lowest BCUT2D eigenvalue weighted by Gasteiger charge is -2.32. The highest BCUT2D eigenvalue weighted by Crippen LogP contribution is 2.31. The minimum absolute atomic E-state index is 0.0819. The van der Waals surface area contributed by atoms with Gasteiger partial charge in [0, 0.05) is 26.2 Å². The second-order valence-electron chi connectivity index (χ2n) is 5.85. The fourth-order valence-corrected chi connectivity index (χ4v) is 3.70. The number of likely N-dealkylation sites (N-methyl/N-ethyl adjacent to an activating group) is 1. The molecule has 1 atom stereocenters. The second-order valence-corrected chi connectivity index (χ2v) is 7.51. The van der Waals surface area contributed by atoms with Crippen LogP contribution in [0.1, 0.15) is 6.92 Å². The summed E-state index contributed by atoms with van der Waals surface area (Å²) in [6.45, 7) is 5.69. The molecule has 0 aliphatic carbocycles. The zero-order valence-electron chi connectivity index (χ0n) is 12.9. The number of hydrogen-bond acceptors (Lipinski definition) is 6. The van der Waals surface area contributed by atoms with Crippen LogP contribution in [0.25, 0.3) is 0 Å². The highest BCUT2D eigenvalue weighted by Gasteiger charge is 2.23. The van der Waals surface area contributed by atoms with Crippen molar-refractivity contribution in [2.24, 2.45) is 0 Å². The molecule has 0 bridgehead atoms. The SMILES string of the molecule is CC1CNc2cc(S(=O)(=O)NN3CCN(C)CC3)ccc2O1. The van der Waals surface area contributed by atoms with E-state index in [0.29, 0.717) is 25.4 Å². The van der Waals surface area contributed by atoms with Crippen LogP contribution in [-0.2, 0) is 10.0 Å². The number of anilines is 1. The summed E-state index contributed by atoms with van der Waals surface area (Å²) < 4.78 is 30.7. The first-order chi connectivity index (χ1) is 10.4. The van der Waals surface area contributed by atoms with Crippen molar-refractivity contribution in [2.75, 3.05) is 45.1 Å². The second kappa shape index (κ2) is 6.04. The number of nitrogens with one attached hydrogen (secondary N) is 2. The molecule has 1 aromatic carbocycles. The van der Waals surface area contributed by atoms with Gasteiger partial charge in [-0.05, 0) is 32.2 Å². The third-order valence-electron chi connectivity index (χ3n) is 3.92. The van der Waals surface area contributed by atoms with E-state index in [9.17, 15) is 8.42 Å². The van der Waals surface area contributed by atoms with Crippen molar-refractivity contribution < 1.29 is 13.2 Å². The average molecular weight is 326 g/mol. The molecule has 2 heterocycles. The molecule has 22 heavy (non-hydrogen) atoms. The van der Waals surface area contributed by atoms with E-state index in [2.05, 4.69) is 15.0 Å². The first-order valence-electron chi connectivity index (χ1n) is 7.44. The van der Waals surface area contributed by atoms with Gasteiger partial charge in [-0.25, -0.2) is 13.4 Å². The maximum Gasteiger partial charge on any atom is 0.253 e. The Morgan fingerprint density at radius 1 is 1.27 bits per heavy atom. The Morgan fingerprint density at radius 2 is 2.00 bits per heavy atom. The van der Waals surface area contributed by atoms with Crippen molar-refractivity contribution in [1.82, 2.24) is 14.7 Å². The van der Waals surface area contributed by atoms with Crippen LogP contribution in [0.4, 0.5) is 5.69 Å². The molecule has 1 unspecified atom stereocenters. The van der Waals surface area contributed by atoms with Gasteiger partial charge in [-0.2, -0.15) is 0 Å². The molecule has 0 saturated carbocycles. The van der Waals surface area contributed by atoms with E-state index >= 15 is 0 Å². The number of nitrogens with zero attached hydrogens (tertiary/aromatic N) is 2. The number of ether oxygens (including phenoxy) is 1. The summed E-state index contributed by atoms with van der Waals surface area (Å²) in [5, 5.41) is 4.95. The number of fused-ring (bicyclic) bond motifs is 1. The summed E-state index contributed by atoms with van der Waals surface area (Å²) in [6, 6.07) is 4.91. The normalized spacial score (nSPS) is 23.5. The lowest BCUT2D eigenvalue weighted by Crippen LogP contribution is -2.52. The number of hydrogen-bond donors (Lipinski definition) is 2. The molecule has 8 heteroatoms. The monoisotopic (exact) mass is 326 g/mol. The van der Waals surface area contributed by atoms with Gasteiger partial charge in [0.05, 0.1) is 17.1 Å². The van der Waals surface area contributed by atoms with Gasteiger partial charge in [-0.1, -0.05) is 0 Å². The molecule has 1 fully saturated rings. The van der Waals surface area contributed by atoms with Gasteiger partial charge in [0.15, 0.2) is 0 Å². The molecule has 2 aliphatic heterocycles. The zero-order chi connectivity index (χ0) is 15.7. The molecule has 0 radical (unpaired) electrons. The predicted molar refractivity (Wildman–Crippen MR) is 84.4 cm³/mol. The van der Waals surface area contributed by atoms with Crippen LogP contribution in [0.2, 0.25) is 0 Å². The Kier molecular flexibility index (Phi) is 4.26. The van der Waals surface area contributed by atoms with Crippen LogP contribution < -0.4 is 14.9 Å². The highest BCUT2D eigenvalue weighted by atomic mass is 32.2. The third-order valence-corrected chi connectivity index (χ3v) is 5.30. The minimum Gasteiger partial charge on any atom is -0.487 e. The van der Waals surface area contributed by atoms with Gasteiger partial charge in [0.2, 0.25) is 0 Å².